The summed E-state index contributed by atoms with van der Waals surface area (Å²) in [5, 5.41) is 5.55. The number of halogens is 6. The average Bonchev–Trinajstić information content (AvgIpc) is 3.19. The van der Waals surface area contributed by atoms with Crippen molar-refractivity contribution >= 4 is 23.2 Å². The molecule has 1 N–H and O–H groups in total. The van der Waals surface area contributed by atoms with Crippen LogP contribution in [0.1, 0.15) is 20.3 Å². The molecule has 0 aliphatic carbocycles. The minimum Gasteiger partial charge on any atom is -0.493 e. The Kier molecular flexibility index (Phi) is 7.58. The maximum absolute atomic E-state index is 15.0. The van der Waals surface area contributed by atoms with Gasteiger partial charge in [0.25, 0.3) is 5.78 Å². The van der Waals surface area contributed by atoms with Crippen molar-refractivity contribution in [3.05, 3.63) is 35.2 Å². The van der Waals surface area contributed by atoms with Crippen LogP contribution in [-0.2, 0) is 0 Å². The van der Waals surface area contributed by atoms with Gasteiger partial charge >= 0.3 is 6.18 Å². The fraction of sp³-hybridized carbons (Fsp3) is 0.450. The number of alkyl halides is 3. The first-order valence-corrected chi connectivity index (χ1v) is 10.4. The number of nitrogens with one attached hydrogen (secondary N) is 1. The van der Waals surface area contributed by atoms with Crippen LogP contribution < -0.4 is 10.1 Å². The van der Waals surface area contributed by atoms with Crippen LogP contribution in [0.4, 0.5) is 27.8 Å². The van der Waals surface area contributed by atoms with Gasteiger partial charge in [0.1, 0.15) is 40.7 Å². The third-order valence-electron chi connectivity index (χ3n) is 4.99. The number of ether oxygens (including phenoxy) is 1. The molecule has 33 heavy (non-hydrogen) atoms. The Bertz CT molecular complexity index is 1100. The molecule has 0 amide bonds. The Balaban J connectivity index is 2.00. The van der Waals surface area contributed by atoms with Gasteiger partial charge in [0.05, 0.1) is 17.7 Å². The third-order valence-corrected chi connectivity index (χ3v) is 5.26. The van der Waals surface area contributed by atoms with Gasteiger partial charge in [0, 0.05) is 18.7 Å². The van der Waals surface area contributed by atoms with Crippen molar-refractivity contribution < 1.29 is 26.7 Å². The molecular formula is C20H22ClF5N6O. The number of fused-ring (bicyclic) bond motifs is 1. The summed E-state index contributed by atoms with van der Waals surface area (Å²) < 4.78 is 76.0. The molecule has 3 aromatic rings. The van der Waals surface area contributed by atoms with E-state index in [1.807, 2.05) is 14.0 Å². The Morgan fingerprint density at radius 2 is 1.88 bits per heavy atom. The summed E-state index contributed by atoms with van der Waals surface area (Å²) in [7, 11) is 1.93. The summed E-state index contributed by atoms with van der Waals surface area (Å²) in [5.41, 5.74) is -1.09. The first-order valence-electron chi connectivity index (χ1n) is 10.1. The molecule has 0 fully saturated rings. The molecule has 7 nitrogen and oxygen atoms in total. The van der Waals surface area contributed by atoms with Gasteiger partial charge in [0.15, 0.2) is 0 Å². The van der Waals surface area contributed by atoms with Gasteiger partial charge in [-0.05, 0) is 26.9 Å². The predicted molar refractivity (Wildman–Crippen MR) is 114 cm³/mol. The molecular weight excluding hydrogens is 471 g/mol. The lowest BCUT2D eigenvalue weighted by molar-refractivity contribution is -0.138. The maximum Gasteiger partial charge on any atom is 0.408 e. The van der Waals surface area contributed by atoms with E-state index in [0.717, 1.165) is 43.0 Å². The quantitative estimate of drug-likeness (QED) is 0.263. The second-order valence-electron chi connectivity index (χ2n) is 7.37. The molecule has 0 radical (unpaired) electrons. The SMILES string of the molecule is CCN(C)CCCOc1cc(F)c(-c2c(Cl)nc3ncnn3c2NC(C)C(F)(F)F)c(F)c1. The van der Waals surface area contributed by atoms with Crippen molar-refractivity contribution in [2.75, 3.05) is 32.1 Å². The highest BCUT2D eigenvalue weighted by Crippen LogP contribution is 2.39. The van der Waals surface area contributed by atoms with Gasteiger partial charge in [-0.25, -0.2) is 8.78 Å². The average molecular weight is 493 g/mol. The highest BCUT2D eigenvalue weighted by Gasteiger charge is 2.37. The van der Waals surface area contributed by atoms with Gasteiger partial charge < -0.3 is 15.0 Å². The Labute approximate surface area is 191 Å². The number of anilines is 1. The van der Waals surface area contributed by atoms with E-state index in [1.165, 1.54) is 0 Å². The molecule has 3 rings (SSSR count). The molecule has 1 aromatic carbocycles. The normalized spacial score (nSPS) is 13.0. The van der Waals surface area contributed by atoms with E-state index in [2.05, 4.69) is 25.3 Å². The van der Waals surface area contributed by atoms with Crippen LogP contribution in [0.15, 0.2) is 18.5 Å². The number of nitrogens with zero attached hydrogens (tertiary/aromatic N) is 5. The number of hydrogen-bond donors (Lipinski definition) is 1. The van der Waals surface area contributed by atoms with Gasteiger partial charge in [-0.15, -0.1) is 0 Å². The Morgan fingerprint density at radius 3 is 2.48 bits per heavy atom. The molecule has 2 aromatic heterocycles. The zero-order chi connectivity index (χ0) is 24.3. The van der Waals surface area contributed by atoms with Crippen molar-refractivity contribution in [1.29, 1.82) is 0 Å². The van der Waals surface area contributed by atoms with Crippen LogP contribution in [0.25, 0.3) is 16.9 Å². The lowest BCUT2D eigenvalue weighted by atomic mass is 10.1. The molecule has 13 heteroatoms. The lowest BCUT2D eigenvalue weighted by Crippen LogP contribution is -2.34. The smallest absolute Gasteiger partial charge is 0.408 e. The van der Waals surface area contributed by atoms with E-state index in [4.69, 9.17) is 16.3 Å². The molecule has 0 aliphatic heterocycles. The summed E-state index contributed by atoms with van der Waals surface area (Å²) >= 11 is 6.14. The highest BCUT2D eigenvalue weighted by atomic mass is 35.5. The highest BCUT2D eigenvalue weighted by molar-refractivity contribution is 6.33. The van der Waals surface area contributed by atoms with Crippen LogP contribution in [-0.4, -0.2) is 63.4 Å². The van der Waals surface area contributed by atoms with Gasteiger partial charge in [-0.1, -0.05) is 18.5 Å². The molecule has 180 valence electrons. The largest absolute Gasteiger partial charge is 0.493 e. The molecule has 0 bridgehead atoms. The zero-order valence-corrected chi connectivity index (χ0v) is 18.8. The van der Waals surface area contributed by atoms with E-state index in [-0.39, 0.29) is 18.1 Å². The van der Waals surface area contributed by atoms with E-state index in [1.54, 1.807) is 0 Å². The van der Waals surface area contributed by atoms with Crippen LogP contribution in [0.5, 0.6) is 5.75 Å². The van der Waals surface area contributed by atoms with Gasteiger partial charge in [-0.2, -0.15) is 32.8 Å². The Hall–Kier alpha value is -2.73. The zero-order valence-electron chi connectivity index (χ0n) is 18.0. The minimum absolute atomic E-state index is 0.0583. The van der Waals surface area contributed by atoms with E-state index in [0.29, 0.717) is 6.42 Å². The standard InChI is InChI=1S/C20H22ClF5N6O/c1-4-31(3)6-5-7-33-12-8-13(22)15(14(23)9-12)16-17(21)30-19-27-10-28-32(19)18(16)29-11(2)20(24,25)26/h8-11,29H,4-7H2,1-3H3. The molecule has 0 spiro atoms. The molecule has 0 saturated carbocycles. The summed E-state index contributed by atoms with van der Waals surface area (Å²) in [6.07, 6.45) is -2.98. The van der Waals surface area contributed by atoms with Crippen LogP contribution in [0.2, 0.25) is 5.15 Å². The fourth-order valence-electron chi connectivity index (χ4n) is 3.01. The van der Waals surface area contributed by atoms with Crippen LogP contribution >= 0.6 is 11.6 Å². The van der Waals surface area contributed by atoms with E-state index >= 15 is 8.78 Å². The summed E-state index contributed by atoms with van der Waals surface area (Å²) in [6.45, 7) is 4.67. The van der Waals surface area contributed by atoms with Gasteiger partial charge in [-0.3, -0.25) is 0 Å². The first-order chi connectivity index (χ1) is 15.5. The second-order valence-corrected chi connectivity index (χ2v) is 7.72. The second kappa shape index (κ2) is 10.0. The first kappa shape index (κ1) is 24.9. The maximum atomic E-state index is 15.0. The van der Waals surface area contributed by atoms with Crippen molar-refractivity contribution in [2.24, 2.45) is 0 Å². The third kappa shape index (κ3) is 5.61. The Morgan fingerprint density at radius 1 is 1.21 bits per heavy atom. The fourth-order valence-corrected chi connectivity index (χ4v) is 3.27. The van der Waals surface area contributed by atoms with Crippen LogP contribution in [0.3, 0.4) is 0 Å². The molecule has 1 unspecified atom stereocenters. The van der Waals surface area contributed by atoms with Crippen molar-refractivity contribution in [1.82, 2.24) is 24.5 Å². The number of aromatic nitrogens is 4. The van der Waals surface area contributed by atoms with Crippen molar-refractivity contribution in [3.8, 4) is 16.9 Å². The number of rotatable bonds is 9. The van der Waals surface area contributed by atoms with Gasteiger partial charge in [0.2, 0.25) is 0 Å². The van der Waals surface area contributed by atoms with Crippen LogP contribution in [0, 0.1) is 11.6 Å². The minimum atomic E-state index is -4.65. The molecule has 1 atom stereocenters. The van der Waals surface area contributed by atoms with E-state index in [9.17, 15) is 13.2 Å². The number of hydrogen-bond acceptors (Lipinski definition) is 6. The molecule has 2 heterocycles. The summed E-state index contributed by atoms with van der Waals surface area (Å²) in [5.74, 6) is -2.76. The number of benzene rings is 1. The topological polar surface area (TPSA) is 67.6 Å². The van der Waals surface area contributed by atoms with Crippen molar-refractivity contribution in [2.45, 2.75) is 32.5 Å². The predicted octanol–water partition coefficient (Wildman–Crippen LogP) is 4.81. The lowest BCUT2D eigenvalue weighted by Gasteiger charge is -2.22. The monoisotopic (exact) mass is 492 g/mol. The van der Waals surface area contributed by atoms with Crippen molar-refractivity contribution in [3.63, 3.8) is 0 Å². The molecule has 0 saturated heterocycles. The summed E-state index contributed by atoms with van der Waals surface area (Å²) in [4.78, 5) is 9.74. The molecule has 0 aliphatic rings. The van der Waals surface area contributed by atoms with E-state index < -0.39 is 46.0 Å². The summed E-state index contributed by atoms with van der Waals surface area (Å²) in [6, 6.07) is -0.196.